The van der Waals surface area contributed by atoms with E-state index in [0.29, 0.717) is 84.0 Å². The number of halogens is 2. The number of aromatic nitrogens is 4. The minimum atomic E-state index is -1.15. The maximum atomic E-state index is 15.4. The second kappa shape index (κ2) is 16.7. The highest BCUT2D eigenvalue weighted by Crippen LogP contribution is 2.46. The van der Waals surface area contributed by atoms with Crippen LogP contribution in [-0.2, 0) is 29.5 Å². The van der Waals surface area contributed by atoms with Gasteiger partial charge in [-0.15, -0.1) is 0 Å². The van der Waals surface area contributed by atoms with E-state index in [9.17, 15) is 9.90 Å². The lowest BCUT2D eigenvalue weighted by Gasteiger charge is -2.35. The van der Waals surface area contributed by atoms with Crippen molar-refractivity contribution in [3.63, 3.8) is 0 Å². The Morgan fingerprint density at radius 1 is 0.897 bits per heavy atom. The molecule has 3 aromatic carbocycles. The fourth-order valence-corrected chi connectivity index (χ4v) is 8.82. The number of carbonyl (C=O) groups excluding carboxylic acids is 1. The number of hydrogen-bond donors (Lipinski definition) is 1. The van der Waals surface area contributed by atoms with Crippen LogP contribution in [0, 0.1) is 27.7 Å². The molecule has 1 aliphatic rings. The fraction of sp³-hybridized carbons (Fsp3) is 0.386. The van der Waals surface area contributed by atoms with Gasteiger partial charge in [-0.05, 0) is 101 Å². The number of aromatic carboxylic acids is 1. The van der Waals surface area contributed by atoms with Crippen LogP contribution in [0.15, 0.2) is 42.5 Å². The highest BCUT2D eigenvalue weighted by atomic mass is 35.5. The Balaban J connectivity index is 1.40. The van der Waals surface area contributed by atoms with Crippen molar-refractivity contribution in [2.24, 2.45) is 7.05 Å². The lowest BCUT2D eigenvalue weighted by atomic mass is 9.98. The highest BCUT2D eigenvalue weighted by molar-refractivity contribution is 6.35. The molecule has 3 aromatic heterocycles. The first-order valence-corrected chi connectivity index (χ1v) is 20.1. The van der Waals surface area contributed by atoms with Gasteiger partial charge in [0, 0.05) is 73.0 Å². The van der Waals surface area contributed by atoms with Gasteiger partial charge in [-0.3, -0.25) is 14.4 Å². The number of amides is 1. The summed E-state index contributed by atoms with van der Waals surface area (Å²) in [5.74, 6) is 0.0597. The molecule has 0 saturated heterocycles. The van der Waals surface area contributed by atoms with E-state index in [4.69, 9.17) is 47.2 Å². The van der Waals surface area contributed by atoms with Crippen LogP contribution in [0.5, 0.6) is 11.5 Å². The van der Waals surface area contributed by atoms with Crippen LogP contribution < -0.4 is 14.4 Å². The Bertz CT molecular complexity index is 2550. The highest BCUT2D eigenvalue weighted by Gasteiger charge is 2.40. The molecule has 4 heterocycles. The van der Waals surface area contributed by atoms with Gasteiger partial charge in [0.2, 0.25) is 0 Å². The summed E-state index contributed by atoms with van der Waals surface area (Å²) >= 11 is 13.6. The number of hydrogen-bond acceptors (Lipinski definition) is 7. The molecular formula is C44H49Cl2N5O7. The van der Waals surface area contributed by atoms with Gasteiger partial charge in [-0.2, -0.15) is 5.10 Å². The normalized spacial score (nSPS) is 14.2. The molecule has 58 heavy (non-hydrogen) atoms. The van der Waals surface area contributed by atoms with Gasteiger partial charge in [0.05, 0.1) is 41.6 Å². The van der Waals surface area contributed by atoms with Gasteiger partial charge in [-0.25, -0.2) is 4.79 Å². The molecule has 0 aliphatic carbocycles. The first kappa shape index (κ1) is 41.2. The van der Waals surface area contributed by atoms with Gasteiger partial charge >= 0.3 is 5.97 Å². The number of anilines is 1. The van der Waals surface area contributed by atoms with E-state index in [1.54, 1.807) is 31.3 Å². The Hall–Kier alpha value is -5.01. The van der Waals surface area contributed by atoms with E-state index in [2.05, 4.69) is 11.5 Å². The van der Waals surface area contributed by atoms with Gasteiger partial charge < -0.3 is 33.2 Å². The monoisotopic (exact) mass is 829 g/mol. The van der Waals surface area contributed by atoms with Crippen LogP contribution in [0.25, 0.3) is 32.9 Å². The number of carbonyl (C=O) groups is 2. The lowest BCUT2D eigenvalue weighted by molar-refractivity contribution is 0.0699. The van der Waals surface area contributed by atoms with Gasteiger partial charge in [0.1, 0.15) is 35.2 Å². The zero-order valence-corrected chi connectivity index (χ0v) is 35.7. The number of benzene rings is 3. The van der Waals surface area contributed by atoms with E-state index in [-0.39, 0.29) is 24.1 Å². The molecule has 0 radical (unpaired) electrons. The van der Waals surface area contributed by atoms with Crippen LogP contribution in [0.2, 0.25) is 10.0 Å². The maximum Gasteiger partial charge on any atom is 0.340 e. The first-order valence-electron chi connectivity index (χ1n) is 19.4. The molecule has 1 aliphatic heterocycles. The van der Waals surface area contributed by atoms with Crippen molar-refractivity contribution in [3.8, 4) is 22.6 Å². The van der Waals surface area contributed by atoms with E-state index in [1.807, 2.05) is 74.3 Å². The second-order valence-electron chi connectivity index (χ2n) is 14.9. The van der Waals surface area contributed by atoms with Crippen molar-refractivity contribution in [2.45, 2.75) is 60.0 Å². The summed E-state index contributed by atoms with van der Waals surface area (Å²) in [6.45, 7) is 11.8. The zero-order chi connectivity index (χ0) is 41.6. The summed E-state index contributed by atoms with van der Waals surface area (Å²) in [5.41, 5.74) is 8.21. The number of methoxy groups -OCH3 is 2. The van der Waals surface area contributed by atoms with Crippen molar-refractivity contribution >= 4 is 62.7 Å². The standard InChI is InChI=1S/C44H49Cl2N5O7/c1-24-20-30(21-25(2)39(24)46)57-16-9-10-31-32-12-13-34(45)38(36-27(4)47-48(6)28(36)5)40(32)51-26(3)23-50(43(52)41(31)51)42-37(44(53)54)33-22-29(58-19-18-56-8)11-14-35(33)49(42)15-17-55-7/h11-14,20-22,26H,9-10,15-19,23H2,1-8H3,(H,53,54)/t26-/m1/s1. The predicted molar refractivity (Wildman–Crippen MR) is 228 cm³/mol. The molecule has 0 unspecified atom stereocenters. The molecular weight excluding hydrogens is 781 g/mol. The number of rotatable bonds is 15. The molecule has 0 saturated carbocycles. The average Bonchev–Trinajstić information content (AvgIpc) is 3.78. The van der Waals surface area contributed by atoms with Crippen molar-refractivity contribution in [3.05, 3.63) is 91.8 Å². The van der Waals surface area contributed by atoms with Gasteiger partial charge in [0.25, 0.3) is 5.91 Å². The van der Waals surface area contributed by atoms with Crippen molar-refractivity contribution in [1.82, 2.24) is 18.9 Å². The topological polar surface area (TPSA) is 122 Å². The minimum absolute atomic E-state index is 0.0160. The number of nitrogens with zero attached hydrogens (tertiary/aromatic N) is 5. The number of carboxylic acid groups (broad SMARTS) is 1. The van der Waals surface area contributed by atoms with E-state index in [0.717, 1.165) is 55.9 Å². The van der Waals surface area contributed by atoms with Crippen molar-refractivity contribution < 1.29 is 33.6 Å². The van der Waals surface area contributed by atoms with Crippen LogP contribution in [-0.4, -0.2) is 83.1 Å². The SMILES string of the molecule is COCCOc1ccc2c(c1)c(C(=O)O)c(N1C[C@@H](C)n3c(c(CCCOc4cc(C)c(Cl)c(C)c4)c4ccc(Cl)c(-c5c(C)nn(C)c5C)c43)C1=O)n2CCOC. The summed E-state index contributed by atoms with van der Waals surface area (Å²) in [6.07, 6.45) is 1.10. The van der Waals surface area contributed by atoms with E-state index in [1.165, 1.54) is 0 Å². The Morgan fingerprint density at radius 3 is 2.26 bits per heavy atom. The minimum Gasteiger partial charge on any atom is -0.494 e. The number of aryl methyl sites for hydroxylation is 5. The Labute approximate surface area is 347 Å². The van der Waals surface area contributed by atoms with Crippen LogP contribution in [0.4, 0.5) is 5.82 Å². The van der Waals surface area contributed by atoms with E-state index >= 15 is 4.79 Å². The second-order valence-corrected chi connectivity index (χ2v) is 15.7. The van der Waals surface area contributed by atoms with Crippen LogP contribution in [0.1, 0.15) is 68.3 Å². The van der Waals surface area contributed by atoms with Gasteiger partial charge in [-0.1, -0.05) is 29.3 Å². The Morgan fingerprint density at radius 2 is 1.60 bits per heavy atom. The number of ether oxygens (including phenoxy) is 4. The zero-order valence-electron chi connectivity index (χ0n) is 34.2. The third kappa shape index (κ3) is 7.20. The fourth-order valence-electron chi connectivity index (χ4n) is 8.47. The molecule has 6 aromatic rings. The average molecular weight is 831 g/mol. The number of fused-ring (bicyclic) bond motifs is 4. The molecule has 1 atom stereocenters. The predicted octanol–water partition coefficient (Wildman–Crippen LogP) is 9.14. The van der Waals surface area contributed by atoms with Crippen molar-refractivity contribution in [2.75, 3.05) is 52.1 Å². The molecule has 0 fully saturated rings. The molecule has 1 N–H and O–H groups in total. The van der Waals surface area contributed by atoms with Crippen LogP contribution >= 0.6 is 23.2 Å². The maximum absolute atomic E-state index is 15.4. The molecule has 12 nitrogen and oxygen atoms in total. The molecule has 0 spiro atoms. The molecule has 7 rings (SSSR count). The summed E-state index contributed by atoms with van der Waals surface area (Å²) < 4.78 is 28.6. The lowest BCUT2D eigenvalue weighted by Crippen LogP contribution is -2.44. The molecule has 0 bridgehead atoms. The van der Waals surface area contributed by atoms with E-state index < -0.39 is 5.97 Å². The first-order chi connectivity index (χ1) is 27.8. The third-order valence-electron chi connectivity index (χ3n) is 11.1. The molecule has 1 amide bonds. The summed E-state index contributed by atoms with van der Waals surface area (Å²) in [4.78, 5) is 30.4. The van der Waals surface area contributed by atoms with Crippen molar-refractivity contribution in [1.29, 1.82) is 0 Å². The quantitative estimate of drug-likeness (QED) is 0.102. The number of carboxylic acids is 1. The Kier molecular flexibility index (Phi) is 11.8. The third-order valence-corrected chi connectivity index (χ3v) is 12.0. The largest absolute Gasteiger partial charge is 0.494 e. The smallest absolute Gasteiger partial charge is 0.340 e. The summed E-state index contributed by atoms with van der Waals surface area (Å²) in [7, 11) is 5.09. The van der Waals surface area contributed by atoms with Crippen LogP contribution in [0.3, 0.4) is 0 Å². The summed E-state index contributed by atoms with van der Waals surface area (Å²) in [5, 5.41) is 18.2. The van der Waals surface area contributed by atoms with Gasteiger partial charge in [0.15, 0.2) is 0 Å². The molecule has 306 valence electrons. The summed E-state index contributed by atoms with van der Waals surface area (Å²) in [6, 6.07) is 12.8. The molecule has 14 heteroatoms.